The number of nitrogens with one attached hydrogen (secondary N) is 2. The van der Waals surface area contributed by atoms with Gasteiger partial charge in [0, 0.05) is 29.7 Å². The Bertz CT molecular complexity index is 1050. The molecule has 1 atom stereocenters. The summed E-state index contributed by atoms with van der Waals surface area (Å²) in [6.07, 6.45) is 2.57. The number of carbonyl (C=O) groups is 1. The number of anilines is 1. The lowest BCUT2D eigenvalue weighted by atomic mass is 9.99. The van der Waals surface area contributed by atoms with Gasteiger partial charge in [-0.05, 0) is 25.6 Å². The van der Waals surface area contributed by atoms with Crippen LogP contribution in [-0.4, -0.2) is 60.1 Å². The summed E-state index contributed by atoms with van der Waals surface area (Å²) in [5, 5.41) is 7.80. The lowest BCUT2D eigenvalue weighted by molar-refractivity contribution is 0.0916. The molecule has 1 saturated heterocycles. The van der Waals surface area contributed by atoms with E-state index in [2.05, 4.69) is 32.5 Å². The summed E-state index contributed by atoms with van der Waals surface area (Å²) in [5.74, 6) is 0.480. The van der Waals surface area contributed by atoms with Crippen LogP contribution >= 0.6 is 11.3 Å². The third-order valence-corrected chi connectivity index (χ3v) is 6.44. The highest BCUT2D eigenvalue weighted by Crippen LogP contribution is 2.41. The number of rotatable bonds is 1. The van der Waals surface area contributed by atoms with Crippen molar-refractivity contribution in [2.45, 2.75) is 12.0 Å². The SMILES string of the molecule is COc1cnc2c(ccc3sc4c(c32)NCC2(CCN(C)C2)NC4=O)n1. The fourth-order valence-corrected chi connectivity index (χ4v) is 5.08. The highest BCUT2D eigenvalue weighted by Gasteiger charge is 2.41. The number of ether oxygens (including phenoxy) is 1. The highest BCUT2D eigenvalue weighted by molar-refractivity contribution is 7.21. The topological polar surface area (TPSA) is 79.4 Å². The number of fused-ring (bicyclic) bond motifs is 5. The molecule has 26 heavy (non-hydrogen) atoms. The van der Waals surface area contributed by atoms with Crippen molar-refractivity contribution in [2.24, 2.45) is 0 Å². The Morgan fingerprint density at radius 1 is 1.38 bits per heavy atom. The third kappa shape index (κ3) is 2.25. The molecule has 2 aliphatic rings. The number of amides is 1. The summed E-state index contributed by atoms with van der Waals surface area (Å²) >= 11 is 1.50. The van der Waals surface area contributed by atoms with Gasteiger partial charge in [-0.25, -0.2) is 9.97 Å². The number of aromatic nitrogens is 2. The number of methoxy groups -OCH3 is 1. The van der Waals surface area contributed by atoms with E-state index in [1.807, 2.05) is 12.1 Å². The number of hydrogen-bond donors (Lipinski definition) is 2. The van der Waals surface area contributed by atoms with Gasteiger partial charge in [0.25, 0.3) is 5.91 Å². The van der Waals surface area contributed by atoms with Crippen LogP contribution in [0.1, 0.15) is 16.1 Å². The van der Waals surface area contributed by atoms with Crippen molar-refractivity contribution in [3.8, 4) is 5.88 Å². The monoisotopic (exact) mass is 369 g/mol. The maximum atomic E-state index is 13.0. The second kappa shape index (κ2) is 5.52. The first kappa shape index (κ1) is 15.8. The van der Waals surface area contributed by atoms with Crippen LogP contribution < -0.4 is 15.4 Å². The molecule has 7 nitrogen and oxygen atoms in total. The summed E-state index contributed by atoms with van der Waals surface area (Å²) in [4.78, 5) is 25.0. The lowest BCUT2D eigenvalue weighted by Gasteiger charge is -2.28. The van der Waals surface area contributed by atoms with Crippen molar-refractivity contribution in [1.29, 1.82) is 0 Å². The van der Waals surface area contributed by atoms with Crippen LogP contribution in [0.25, 0.3) is 21.1 Å². The molecule has 8 heteroatoms. The largest absolute Gasteiger partial charge is 0.480 e. The van der Waals surface area contributed by atoms with Crippen LogP contribution in [0.15, 0.2) is 18.3 Å². The molecule has 4 heterocycles. The summed E-state index contributed by atoms with van der Waals surface area (Å²) in [6.45, 7) is 2.56. The standard InChI is InChI=1S/C18H19N5O2S/c1-23-6-5-18(9-23)8-20-15-13-11(26-16(15)17(24)22-18)4-3-10-14(13)19-7-12(21-10)25-2/h3-4,7,20H,5-6,8-9H2,1-2H3,(H,22,24). The molecule has 2 aliphatic heterocycles. The van der Waals surface area contributed by atoms with Crippen LogP contribution in [0.4, 0.5) is 5.69 Å². The summed E-state index contributed by atoms with van der Waals surface area (Å²) < 4.78 is 6.22. The van der Waals surface area contributed by atoms with Crippen molar-refractivity contribution < 1.29 is 9.53 Å². The minimum atomic E-state index is -0.212. The number of carbonyl (C=O) groups excluding carboxylic acids is 1. The molecule has 5 rings (SSSR count). The van der Waals surface area contributed by atoms with Gasteiger partial charge in [-0.1, -0.05) is 0 Å². The van der Waals surface area contributed by atoms with Gasteiger partial charge in [-0.2, -0.15) is 0 Å². The van der Waals surface area contributed by atoms with Crippen LogP contribution in [0.3, 0.4) is 0 Å². The molecule has 0 aliphatic carbocycles. The maximum Gasteiger partial charge on any atom is 0.264 e. The van der Waals surface area contributed by atoms with Crippen molar-refractivity contribution in [2.75, 3.05) is 39.1 Å². The third-order valence-electron chi connectivity index (χ3n) is 5.28. The van der Waals surface area contributed by atoms with E-state index in [-0.39, 0.29) is 11.4 Å². The minimum Gasteiger partial charge on any atom is -0.480 e. The number of hydrogen-bond acceptors (Lipinski definition) is 7. The van der Waals surface area contributed by atoms with Gasteiger partial charge >= 0.3 is 0 Å². The van der Waals surface area contributed by atoms with E-state index in [0.29, 0.717) is 12.4 Å². The van der Waals surface area contributed by atoms with Crippen LogP contribution in [0.5, 0.6) is 5.88 Å². The first-order chi connectivity index (χ1) is 12.6. The Labute approximate surface area is 154 Å². The van der Waals surface area contributed by atoms with Gasteiger partial charge in [-0.3, -0.25) is 4.79 Å². The van der Waals surface area contributed by atoms with Crippen molar-refractivity contribution in [3.63, 3.8) is 0 Å². The van der Waals surface area contributed by atoms with Crippen molar-refractivity contribution in [3.05, 3.63) is 23.2 Å². The minimum absolute atomic E-state index is 0.00359. The normalized spacial score (nSPS) is 23.1. The molecular weight excluding hydrogens is 350 g/mol. The molecule has 1 unspecified atom stereocenters. The Morgan fingerprint density at radius 2 is 2.27 bits per heavy atom. The van der Waals surface area contributed by atoms with E-state index < -0.39 is 0 Å². The zero-order valence-corrected chi connectivity index (χ0v) is 15.4. The van der Waals surface area contributed by atoms with Crippen LogP contribution in [-0.2, 0) is 0 Å². The zero-order chi connectivity index (χ0) is 17.9. The van der Waals surface area contributed by atoms with Crippen LogP contribution in [0, 0.1) is 0 Å². The second-order valence-corrected chi connectivity index (χ2v) is 8.15. The highest BCUT2D eigenvalue weighted by atomic mass is 32.1. The molecule has 3 aromatic rings. The van der Waals surface area contributed by atoms with E-state index >= 15 is 0 Å². The lowest BCUT2D eigenvalue weighted by Crippen LogP contribution is -2.53. The van der Waals surface area contributed by atoms with Crippen molar-refractivity contribution in [1.82, 2.24) is 20.2 Å². The fourth-order valence-electron chi connectivity index (χ4n) is 4.00. The number of likely N-dealkylation sites (tertiary alicyclic amines) is 1. The molecule has 1 spiro atoms. The zero-order valence-electron chi connectivity index (χ0n) is 14.6. The van der Waals surface area contributed by atoms with Gasteiger partial charge in [0.15, 0.2) is 0 Å². The number of likely N-dealkylation sites (N-methyl/N-ethyl adjacent to an activating group) is 1. The first-order valence-corrected chi connectivity index (χ1v) is 9.41. The van der Waals surface area contributed by atoms with Gasteiger partial charge in [-0.15, -0.1) is 11.3 Å². The van der Waals surface area contributed by atoms with E-state index in [0.717, 1.165) is 51.2 Å². The quantitative estimate of drug-likeness (QED) is 0.684. The maximum absolute atomic E-state index is 13.0. The summed E-state index contributed by atoms with van der Waals surface area (Å²) in [5.41, 5.74) is 2.22. The molecule has 0 saturated carbocycles. The van der Waals surface area contributed by atoms with Gasteiger partial charge < -0.3 is 20.3 Å². The van der Waals surface area contributed by atoms with E-state index in [1.54, 1.807) is 13.3 Å². The van der Waals surface area contributed by atoms with Gasteiger partial charge in [0.2, 0.25) is 5.88 Å². The molecule has 1 amide bonds. The van der Waals surface area contributed by atoms with E-state index in [9.17, 15) is 4.79 Å². The Hall–Kier alpha value is -2.45. The molecule has 134 valence electrons. The second-order valence-electron chi connectivity index (χ2n) is 7.10. The van der Waals surface area contributed by atoms with Gasteiger partial charge in [0.05, 0.1) is 35.6 Å². The molecule has 0 bridgehead atoms. The molecule has 1 fully saturated rings. The molecule has 2 N–H and O–H groups in total. The molecule has 1 aromatic carbocycles. The van der Waals surface area contributed by atoms with E-state index in [1.165, 1.54) is 11.3 Å². The Morgan fingerprint density at radius 3 is 3.04 bits per heavy atom. The average Bonchev–Trinajstić information content (AvgIpc) is 3.16. The first-order valence-electron chi connectivity index (χ1n) is 8.60. The number of thiophene rings is 1. The molecule has 0 radical (unpaired) electrons. The average molecular weight is 369 g/mol. The fraction of sp³-hybridized carbons (Fsp3) is 0.389. The number of nitrogens with zero attached hydrogens (tertiary/aromatic N) is 3. The Balaban J connectivity index is 1.67. The number of benzene rings is 1. The molecule has 2 aromatic heterocycles. The summed E-state index contributed by atoms with van der Waals surface area (Å²) in [7, 11) is 3.67. The predicted molar refractivity (Wildman–Crippen MR) is 102 cm³/mol. The Kier molecular flexibility index (Phi) is 3.35. The predicted octanol–water partition coefficient (Wildman–Crippen LogP) is 2.08. The van der Waals surface area contributed by atoms with E-state index in [4.69, 9.17) is 4.74 Å². The smallest absolute Gasteiger partial charge is 0.264 e. The van der Waals surface area contributed by atoms with Gasteiger partial charge in [0.1, 0.15) is 4.88 Å². The summed E-state index contributed by atoms with van der Waals surface area (Å²) in [6, 6.07) is 3.92. The van der Waals surface area contributed by atoms with Crippen molar-refractivity contribution >= 4 is 44.1 Å². The van der Waals surface area contributed by atoms with Crippen LogP contribution in [0.2, 0.25) is 0 Å². The molecular formula is C18H19N5O2S.